The van der Waals surface area contributed by atoms with E-state index in [0.717, 1.165) is 24.9 Å². The summed E-state index contributed by atoms with van der Waals surface area (Å²) in [5, 5.41) is 9.05. The fraction of sp³-hybridized carbons (Fsp3) is 0.520. The fourth-order valence-electron chi connectivity index (χ4n) is 4.73. The molecule has 3 heterocycles. The number of sulfonamides is 1. The predicted molar refractivity (Wildman–Crippen MR) is 139 cm³/mol. The Bertz CT molecular complexity index is 1370. The monoisotopic (exact) mass is 517 g/mol. The summed E-state index contributed by atoms with van der Waals surface area (Å²) in [6.45, 7) is 7.15. The van der Waals surface area contributed by atoms with E-state index in [1.165, 1.54) is 4.31 Å². The molecule has 0 atom stereocenters. The van der Waals surface area contributed by atoms with Gasteiger partial charge in [-0.15, -0.1) is 0 Å². The van der Waals surface area contributed by atoms with Gasteiger partial charge < -0.3 is 24.3 Å². The van der Waals surface area contributed by atoms with Crippen LogP contribution in [0.3, 0.4) is 0 Å². The fourth-order valence-corrected chi connectivity index (χ4v) is 6.18. The van der Waals surface area contributed by atoms with Gasteiger partial charge in [-0.2, -0.15) is 4.31 Å². The van der Waals surface area contributed by atoms with Gasteiger partial charge >= 0.3 is 0 Å². The standard InChI is InChI=1S/C25H35N5O5S/c1-4-7-18-17-28(3)23-22(18)26-24(27-25(23)32)20-16-19(8-9-21(20)35-5-2)36(33,34)30-13-11-29(12-14-30)10-6-15-31/h8-9,16-17,31H,4-7,10-15H2,1-3H3,(H,26,27,32). The molecule has 1 aromatic carbocycles. The molecule has 11 heteroatoms. The Hall–Kier alpha value is -2.73. The summed E-state index contributed by atoms with van der Waals surface area (Å²) in [4.78, 5) is 22.9. The molecule has 2 aromatic heterocycles. The third kappa shape index (κ3) is 5.19. The summed E-state index contributed by atoms with van der Waals surface area (Å²) in [5.41, 5.74) is 2.23. The maximum absolute atomic E-state index is 13.5. The van der Waals surface area contributed by atoms with Crippen molar-refractivity contribution in [2.45, 2.75) is 38.0 Å². The zero-order valence-corrected chi connectivity index (χ0v) is 22.0. The number of aryl methyl sites for hydroxylation is 2. The highest BCUT2D eigenvalue weighted by Gasteiger charge is 2.29. The van der Waals surface area contributed by atoms with Crippen LogP contribution < -0.4 is 10.3 Å². The second kappa shape index (κ2) is 11.1. The third-order valence-electron chi connectivity index (χ3n) is 6.53. The first-order valence-electron chi connectivity index (χ1n) is 12.5. The van der Waals surface area contributed by atoms with Crippen LogP contribution in [0, 0.1) is 0 Å². The van der Waals surface area contributed by atoms with Gasteiger partial charge in [-0.25, -0.2) is 13.4 Å². The van der Waals surface area contributed by atoms with E-state index < -0.39 is 10.0 Å². The van der Waals surface area contributed by atoms with Gasteiger partial charge in [0, 0.05) is 52.6 Å². The maximum atomic E-state index is 13.5. The Labute approximate surface area is 211 Å². The van der Waals surface area contributed by atoms with Gasteiger partial charge in [0.15, 0.2) is 0 Å². The van der Waals surface area contributed by atoms with Crippen LogP contribution in [0.4, 0.5) is 0 Å². The number of hydrogen-bond donors (Lipinski definition) is 2. The summed E-state index contributed by atoms with van der Waals surface area (Å²) >= 11 is 0. The molecule has 0 spiro atoms. The van der Waals surface area contributed by atoms with Crippen molar-refractivity contribution in [1.82, 2.24) is 23.7 Å². The molecule has 196 valence electrons. The van der Waals surface area contributed by atoms with Crippen LogP contribution in [0.5, 0.6) is 5.75 Å². The minimum atomic E-state index is -3.76. The molecule has 10 nitrogen and oxygen atoms in total. The number of ether oxygens (including phenoxy) is 1. The van der Waals surface area contributed by atoms with Crippen LogP contribution in [0.25, 0.3) is 22.4 Å². The van der Waals surface area contributed by atoms with Gasteiger partial charge in [-0.1, -0.05) is 13.3 Å². The topological polar surface area (TPSA) is 121 Å². The summed E-state index contributed by atoms with van der Waals surface area (Å²) in [7, 11) is -1.94. The largest absolute Gasteiger partial charge is 0.493 e. The first-order valence-corrected chi connectivity index (χ1v) is 13.9. The molecule has 3 aromatic rings. The van der Waals surface area contributed by atoms with E-state index in [2.05, 4.69) is 16.8 Å². The molecular formula is C25H35N5O5S. The lowest BCUT2D eigenvalue weighted by Crippen LogP contribution is -2.48. The summed E-state index contributed by atoms with van der Waals surface area (Å²) in [6, 6.07) is 4.72. The number of aliphatic hydroxyl groups is 1. The van der Waals surface area contributed by atoms with E-state index in [1.807, 2.05) is 20.2 Å². The molecule has 4 rings (SSSR count). The minimum Gasteiger partial charge on any atom is -0.493 e. The first kappa shape index (κ1) is 26.3. The Morgan fingerprint density at radius 3 is 2.58 bits per heavy atom. The van der Waals surface area contributed by atoms with E-state index in [-0.39, 0.29) is 22.9 Å². The van der Waals surface area contributed by atoms with E-state index in [4.69, 9.17) is 14.8 Å². The normalized spacial score (nSPS) is 15.6. The van der Waals surface area contributed by atoms with Crippen molar-refractivity contribution in [2.75, 3.05) is 45.9 Å². The van der Waals surface area contributed by atoms with Crippen LogP contribution >= 0.6 is 0 Å². The number of rotatable bonds is 10. The second-order valence-electron chi connectivity index (χ2n) is 9.04. The number of nitrogens with zero attached hydrogens (tertiary/aromatic N) is 4. The Morgan fingerprint density at radius 1 is 1.17 bits per heavy atom. The highest BCUT2D eigenvalue weighted by atomic mass is 32.2. The van der Waals surface area contributed by atoms with E-state index >= 15 is 0 Å². The van der Waals surface area contributed by atoms with Crippen molar-refractivity contribution in [3.63, 3.8) is 0 Å². The van der Waals surface area contributed by atoms with Crippen molar-refractivity contribution < 1.29 is 18.3 Å². The molecule has 2 N–H and O–H groups in total. The Morgan fingerprint density at radius 2 is 1.92 bits per heavy atom. The number of piperazine rings is 1. The molecule has 0 radical (unpaired) electrons. The molecule has 0 unspecified atom stereocenters. The Kier molecular flexibility index (Phi) is 8.13. The summed E-state index contributed by atoms with van der Waals surface area (Å²) in [6.07, 6.45) is 4.29. The quantitative estimate of drug-likeness (QED) is 0.422. The number of nitrogens with one attached hydrogen (secondary N) is 1. The molecular weight excluding hydrogens is 482 g/mol. The van der Waals surface area contributed by atoms with Crippen molar-refractivity contribution in [1.29, 1.82) is 0 Å². The molecule has 0 saturated carbocycles. The van der Waals surface area contributed by atoms with Crippen LogP contribution in [0.2, 0.25) is 0 Å². The number of benzene rings is 1. The molecule has 1 aliphatic rings. The second-order valence-corrected chi connectivity index (χ2v) is 11.0. The molecule has 1 saturated heterocycles. The van der Waals surface area contributed by atoms with Gasteiger partial charge in [0.05, 0.1) is 22.6 Å². The average molecular weight is 518 g/mol. The van der Waals surface area contributed by atoms with Gasteiger partial charge in [-0.05, 0) is 43.5 Å². The average Bonchev–Trinajstić information content (AvgIpc) is 3.19. The van der Waals surface area contributed by atoms with E-state index in [1.54, 1.807) is 22.8 Å². The lowest BCUT2D eigenvalue weighted by molar-refractivity contribution is 0.171. The first-order chi connectivity index (χ1) is 17.3. The van der Waals surface area contributed by atoms with Crippen LogP contribution in [-0.2, 0) is 23.5 Å². The predicted octanol–water partition coefficient (Wildman–Crippen LogP) is 1.97. The highest BCUT2D eigenvalue weighted by Crippen LogP contribution is 2.32. The number of aromatic nitrogens is 3. The van der Waals surface area contributed by atoms with Crippen LogP contribution in [0.1, 0.15) is 32.3 Å². The van der Waals surface area contributed by atoms with Crippen molar-refractivity contribution in [2.24, 2.45) is 7.05 Å². The molecule has 0 bridgehead atoms. The summed E-state index contributed by atoms with van der Waals surface area (Å²) in [5.74, 6) is 0.742. The van der Waals surface area contributed by atoms with Crippen LogP contribution in [0.15, 0.2) is 34.1 Å². The highest BCUT2D eigenvalue weighted by molar-refractivity contribution is 7.89. The van der Waals surface area contributed by atoms with Gasteiger partial charge in [-0.3, -0.25) is 4.79 Å². The van der Waals surface area contributed by atoms with Crippen molar-refractivity contribution in [3.05, 3.63) is 40.3 Å². The van der Waals surface area contributed by atoms with Gasteiger partial charge in [0.25, 0.3) is 5.56 Å². The van der Waals surface area contributed by atoms with Gasteiger partial charge in [0.2, 0.25) is 10.0 Å². The smallest absolute Gasteiger partial charge is 0.275 e. The number of fused-ring (bicyclic) bond motifs is 1. The number of aromatic amines is 1. The third-order valence-corrected chi connectivity index (χ3v) is 8.42. The zero-order valence-electron chi connectivity index (χ0n) is 21.2. The SMILES string of the molecule is CCCc1cn(C)c2c(=O)[nH]c(-c3cc(S(=O)(=O)N4CCN(CCCO)CC4)ccc3OCC)nc12. The van der Waals surface area contributed by atoms with Crippen LogP contribution in [-0.4, -0.2) is 83.2 Å². The van der Waals surface area contributed by atoms with E-state index in [9.17, 15) is 13.2 Å². The van der Waals surface area contributed by atoms with Gasteiger partial charge in [0.1, 0.15) is 17.1 Å². The molecule has 0 amide bonds. The molecule has 0 aliphatic carbocycles. The maximum Gasteiger partial charge on any atom is 0.275 e. The number of H-pyrrole nitrogens is 1. The molecule has 36 heavy (non-hydrogen) atoms. The summed E-state index contributed by atoms with van der Waals surface area (Å²) < 4.78 is 36.1. The number of hydrogen-bond acceptors (Lipinski definition) is 7. The zero-order chi connectivity index (χ0) is 25.9. The lowest BCUT2D eigenvalue weighted by atomic mass is 10.1. The Balaban J connectivity index is 1.73. The molecule has 1 fully saturated rings. The van der Waals surface area contributed by atoms with Crippen molar-refractivity contribution in [3.8, 4) is 17.1 Å². The lowest BCUT2D eigenvalue weighted by Gasteiger charge is -2.33. The van der Waals surface area contributed by atoms with E-state index in [0.29, 0.717) is 61.6 Å². The van der Waals surface area contributed by atoms with Crippen molar-refractivity contribution >= 4 is 21.1 Å². The minimum absolute atomic E-state index is 0.123. The number of aliphatic hydroxyl groups excluding tert-OH is 1. The molecule has 1 aliphatic heterocycles.